The largest absolute Gasteiger partial charge is 0.384 e. The molecular formula is C24H29ClFN5. The molecule has 4 rings (SSSR count). The maximum Gasteiger partial charge on any atom is 0.124 e. The molecule has 0 radical (unpaired) electrons. The topological polar surface area (TPSA) is 66.2 Å². The fourth-order valence-electron chi connectivity index (χ4n) is 4.30. The third-order valence-electron chi connectivity index (χ3n) is 5.93. The molecular weight excluding hydrogens is 413 g/mol. The van der Waals surface area contributed by atoms with E-state index >= 15 is 0 Å². The van der Waals surface area contributed by atoms with Crippen LogP contribution in [0.5, 0.6) is 0 Å². The fourth-order valence-corrected chi connectivity index (χ4v) is 4.50. The minimum atomic E-state index is -0.222. The van der Waals surface area contributed by atoms with E-state index in [1.165, 1.54) is 18.9 Å². The molecule has 1 saturated heterocycles. The van der Waals surface area contributed by atoms with Gasteiger partial charge in [0.25, 0.3) is 0 Å². The smallest absolute Gasteiger partial charge is 0.124 e. The summed E-state index contributed by atoms with van der Waals surface area (Å²) in [5.74, 6) is 0.873. The summed E-state index contributed by atoms with van der Waals surface area (Å²) in [5.41, 5.74) is 8.76. The highest BCUT2D eigenvalue weighted by molar-refractivity contribution is 6.32. The molecule has 31 heavy (non-hydrogen) atoms. The number of pyridine rings is 1. The van der Waals surface area contributed by atoms with Crippen LogP contribution in [0.2, 0.25) is 5.02 Å². The number of nitrogens with one attached hydrogen (secondary N) is 2. The van der Waals surface area contributed by atoms with Crippen LogP contribution in [0.15, 0.2) is 54.8 Å². The lowest BCUT2D eigenvalue weighted by Crippen LogP contribution is -2.45. The number of hydrogen-bond donors (Lipinski definition) is 3. The van der Waals surface area contributed by atoms with Crippen molar-refractivity contribution >= 4 is 23.1 Å². The molecule has 7 heteroatoms. The van der Waals surface area contributed by atoms with E-state index in [9.17, 15) is 4.39 Å². The van der Waals surface area contributed by atoms with Crippen LogP contribution in [0.1, 0.15) is 30.4 Å². The van der Waals surface area contributed by atoms with Gasteiger partial charge in [-0.2, -0.15) is 0 Å². The predicted molar refractivity (Wildman–Crippen MR) is 125 cm³/mol. The number of aromatic nitrogens is 1. The monoisotopic (exact) mass is 441 g/mol. The van der Waals surface area contributed by atoms with Gasteiger partial charge in [0, 0.05) is 30.5 Å². The zero-order valence-corrected chi connectivity index (χ0v) is 18.3. The summed E-state index contributed by atoms with van der Waals surface area (Å²) in [6, 6.07) is 8.52. The van der Waals surface area contributed by atoms with Crippen molar-refractivity contribution in [2.45, 2.75) is 32.0 Å². The van der Waals surface area contributed by atoms with Crippen molar-refractivity contribution in [3.8, 4) is 0 Å². The first kappa shape index (κ1) is 21.8. The van der Waals surface area contributed by atoms with Gasteiger partial charge in [0.05, 0.1) is 11.2 Å². The molecule has 1 fully saturated rings. The number of piperidine rings is 1. The van der Waals surface area contributed by atoms with Crippen molar-refractivity contribution in [2.75, 3.05) is 25.4 Å². The summed E-state index contributed by atoms with van der Waals surface area (Å²) in [5, 5.41) is 7.64. The highest BCUT2D eigenvalue weighted by atomic mass is 35.5. The van der Waals surface area contributed by atoms with Gasteiger partial charge in [-0.15, -0.1) is 0 Å². The molecule has 4 N–H and O–H groups in total. The Morgan fingerprint density at radius 1 is 1.32 bits per heavy atom. The number of hydrogen-bond acceptors (Lipinski definition) is 5. The SMILES string of the molecule is Nc1cc(C2=CC=C[C@H](NCc3cccc(F)c3)N2CCC2CCCNC2)c(Cl)cn1. The normalized spacial score (nSPS) is 21.2. The van der Waals surface area contributed by atoms with Crippen molar-refractivity contribution in [1.82, 2.24) is 20.5 Å². The van der Waals surface area contributed by atoms with E-state index in [4.69, 9.17) is 17.3 Å². The molecule has 2 aliphatic heterocycles. The first-order chi connectivity index (χ1) is 15.1. The van der Waals surface area contributed by atoms with Crippen molar-refractivity contribution in [1.29, 1.82) is 0 Å². The van der Waals surface area contributed by atoms with E-state index in [2.05, 4.69) is 32.7 Å². The maximum atomic E-state index is 13.6. The van der Waals surface area contributed by atoms with Gasteiger partial charge in [-0.3, -0.25) is 5.32 Å². The number of rotatable bonds is 7. The number of benzene rings is 1. The van der Waals surface area contributed by atoms with Gasteiger partial charge in [0.1, 0.15) is 11.6 Å². The number of nitrogen functional groups attached to an aromatic ring is 1. The Labute approximate surface area is 188 Å². The molecule has 2 aromatic rings. The third kappa shape index (κ3) is 5.64. The quantitative estimate of drug-likeness (QED) is 0.601. The van der Waals surface area contributed by atoms with Gasteiger partial charge in [-0.25, -0.2) is 9.37 Å². The van der Waals surface area contributed by atoms with Crippen LogP contribution in [0, 0.1) is 11.7 Å². The van der Waals surface area contributed by atoms with Crippen LogP contribution >= 0.6 is 11.6 Å². The Kier molecular flexibility index (Phi) is 7.22. The Morgan fingerprint density at radius 2 is 2.23 bits per heavy atom. The van der Waals surface area contributed by atoms with Crippen molar-refractivity contribution in [2.24, 2.45) is 5.92 Å². The Bertz CT molecular complexity index is 955. The molecule has 2 aliphatic rings. The van der Waals surface area contributed by atoms with Crippen LogP contribution in [0.3, 0.4) is 0 Å². The van der Waals surface area contributed by atoms with Gasteiger partial charge in [-0.05, 0) is 74.2 Å². The summed E-state index contributed by atoms with van der Waals surface area (Å²) in [4.78, 5) is 6.43. The zero-order chi connectivity index (χ0) is 21.6. The second-order valence-electron chi connectivity index (χ2n) is 8.18. The van der Waals surface area contributed by atoms with E-state index in [0.29, 0.717) is 23.3 Å². The molecule has 1 aromatic carbocycles. The lowest BCUT2D eigenvalue weighted by Gasteiger charge is -2.38. The molecule has 1 unspecified atom stereocenters. The first-order valence-electron chi connectivity index (χ1n) is 10.9. The number of nitrogens with two attached hydrogens (primary N) is 1. The van der Waals surface area contributed by atoms with Crippen molar-refractivity contribution < 1.29 is 4.39 Å². The molecule has 2 atom stereocenters. The molecule has 0 spiro atoms. The van der Waals surface area contributed by atoms with E-state index in [0.717, 1.165) is 42.9 Å². The lowest BCUT2D eigenvalue weighted by atomic mass is 9.95. The molecule has 164 valence electrons. The van der Waals surface area contributed by atoms with Gasteiger partial charge < -0.3 is 16.0 Å². The second-order valence-corrected chi connectivity index (χ2v) is 8.58. The summed E-state index contributed by atoms with van der Waals surface area (Å²) < 4.78 is 13.6. The summed E-state index contributed by atoms with van der Waals surface area (Å²) >= 11 is 6.50. The highest BCUT2D eigenvalue weighted by Crippen LogP contribution is 2.32. The molecule has 1 aromatic heterocycles. The van der Waals surface area contributed by atoms with Crippen LogP contribution in [-0.2, 0) is 6.54 Å². The average molecular weight is 442 g/mol. The first-order valence-corrected chi connectivity index (χ1v) is 11.2. The maximum absolute atomic E-state index is 13.6. The Morgan fingerprint density at radius 3 is 3.03 bits per heavy atom. The number of anilines is 1. The summed E-state index contributed by atoms with van der Waals surface area (Å²) in [6.07, 6.45) is 11.3. The van der Waals surface area contributed by atoms with Gasteiger partial charge in [0.15, 0.2) is 0 Å². The van der Waals surface area contributed by atoms with E-state index in [1.807, 2.05) is 18.2 Å². The predicted octanol–water partition coefficient (Wildman–Crippen LogP) is 4.17. The Balaban J connectivity index is 1.54. The van der Waals surface area contributed by atoms with Crippen LogP contribution in [-0.4, -0.2) is 35.7 Å². The number of nitrogens with zero attached hydrogens (tertiary/aromatic N) is 2. The fraction of sp³-hybridized carbons (Fsp3) is 0.375. The van der Waals surface area contributed by atoms with Gasteiger partial charge in [-0.1, -0.05) is 29.8 Å². The molecule has 0 amide bonds. The summed E-state index contributed by atoms with van der Waals surface area (Å²) in [6.45, 7) is 3.61. The Hall–Kier alpha value is -2.41. The van der Waals surface area contributed by atoms with Gasteiger partial charge >= 0.3 is 0 Å². The minimum absolute atomic E-state index is 0.0368. The molecule has 0 aliphatic carbocycles. The summed E-state index contributed by atoms with van der Waals surface area (Å²) in [7, 11) is 0. The van der Waals surface area contributed by atoms with E-state index < -0.39 is 0 Å². The molecule has 3 heterocycles. The molecule has 0 saturated carbocycles. The van der Waals surface area contributed by atoms with Crippen LogP contribution in [0.4, 0.5) is 10.2 Å². The van der Waals surface area contributed by atoms with Crippen LogP contribution in [0.25, 0.3) is 5.70 Å². The zero-order valence-electron chi connectivity index (χ0n) is 17.5. The van der Waals surface area contributed by atoms with Crippen LogP contribution < -0.4 is 16.4 Å². The number of allylic oxidation sites excluding steroid dienone is 2. The van der Waals surface area contributed by atoms with E-state index in [-0.39, 0.29) is 12.0 Å². The standard InChI is InChI=1S/C24H29ClFN5/c25-21-16-29-23(27)13-20(21)22-7-2-8-24(30-15-18-4-1-6-19(26)12-18)31(22)11-9-17-5-3-10-28-14-17/h1-2,4,6-8,12-13,16-17,24,28,30H,3,5,9-11,14-15H2,(H2,27,29)/t17?,24-/m1/s1. The highest BCUT2D eigenvalue weighted by Gasteiger charge is 2.25. The number of halogens is 2. The lowest BCUT2D eigenvalue weighted by molar-refractivity contribution is 0.251. The van der Waals surface area contributed by atoms with Crippen molar-refractivity contribution in [3.63, 3.8) is 0 Å². The molecule has 5 nitrogen and oxygen atoms in total. The van der Waals surface area contributed by atoms with Gasteiger partial charge in [0.2, 0.25) is 0 Å². The average Bonchev–Trinajstić information content (AvgIpc) is 2.79. The minimum Gasteiger partial charge on any atom is -0.384 e. The third-order valence-corrected chi connectivity index (χ3v) is 6.23. The second kappa shape index (κ2) is 10.3. The molecule has 0 bridgehead atoms. The van der Waals surface area contributed by atoms with Crippen molar-refractivity contribution in [3.05, 3.63) is 76.7 Å². The van der Waals surface area contributed by atoms with E-state index in [1.54, 1.807) is 18.3 Å².